The highest BCUT2D eigenvalue weighted by molar-refractivity contribution is 5.87. The van der Waals surface area contributed by atoms with Gasteiger partial charge >= 0.3 is 0 Å². The minimum atomic E-state index is -0.433. The predicted molar refractivity (Wildman–Crippen MR) is 63.9 cm³/mol. The third-order valence-corrected chi connectivity index (χ3v) is 2.31. The molecule has 0 saturated carbocycles. The molecule has 5 nitrogen and oxygen atoms in total. The molecular weight excluding hydrogens is 220 g/mol. The van der Waals surface area contributed by atoms with Crippen molar-refractivity contribution in [3.05, 3.63) is 46.8 Å². The van der Waals surface area contributed by atoms with E-state index >= 15 is 0 Å². The number of aromatic amines is 1. The van der Waals surface area contributed by atoms with Crippen LogP contribution in [0.1, 0.15) is 0 Å². The second kappa shape index (κ2) is 4.52. The number of anilines is 1. The largest absolute Gasteiger partial charge is 0.493 e. The van der Waals surface area contributed by atoms with Gasteiger partial charge in [-0.3, -0.25) is 14.6 Å². The van der Waals surface area contributed by atoms with Gasteiger partial charge in [0.1, 0.15) is 5.69 Å². The Labute approximate surface area is 96.7 Å². The van der Waals surface area contributed by atoms with Gasteiger partial charge in [0.15, 0.2) is 0 Å². The molecule has 0 unspecified atom stereocenters. The van der Waals surface area contributed by atoms with Crippen molar-refractivity contribution in [1.82, 2.24) is 4.98 Å². The van der Waals surface area contributed by atoms with E-state index in [-0.39, 0.29) is 11.6 Å². The monoisotopic (exact) mass is 230 g/mol. The van der Waals surface area contributed by atoms with Crippen molar-refractivity contribution in [1.29, 1.82) is 0 Å². The fourth-order valence-electron chi connectivity index (χ4n) is 1.60. The molecule has 0 aliphatic heterocycles. The first-order chi connectivity index (χ1) is 8.22. The summed E-state index contributed by atoms with van der Waals surface area (Å²) in [5, 5.41) is 12.0. The van der Waals surface area contributed by atoms with Gasteiger partial charge in [-0.2, -0.15) is 0 Å². The highest BCUT2D eigenvalue weighted by Gasteiger charge is 2.10. The Morgan fingerprint density at radius 3 is 2.59 bits per heavy atom. The van der Waals surface area contributed by atoms with Gasteiger partial charge < -0.3 is 10.4 Å². The molecule has 0 aliphatic rings. The van der Waals surface area contributed by atoms with Crippen LogP contribution in [0.2, 0.25) is 0 Å². The summed E-state index contributed by atoms with van der Waals surface area (Å²) in [6, 6.07) is 10.3. The molecule has 0 fully saturated rings. The molecule has 0 bridgehead atoms. The zero-order valence-electron chi connectivity index (χ0n) is 8.81. The van der Waals surface area contributed by atoms with E-state index in [1.165, 1.54) is 6.07 Å². The van der Waals surface area contributed by atoms with E-state index in [1.54, 1.807) is 24.3 Å². The number of nitrogens with one attached hydrogen (secondary N) is 2. The van der Waals surface area contributed by atoms with E-state index in [0.29, 0.717) is 12.0 Å². The number of H-pyrrole nitrogens is 1. The van der Waals surface area contributed by atoms with Crippen LogP contribution in [0.15, 0.2) is 41.2 Å². The minimum Gasteiger partial charge on any atom is -0.493 e. The van der Waals surface area contributed by atoms with Gasteiger partial charge in [0.25, 0.3) is 5.56 Å². The van der Waals surface area contributed by atoms with Gasteiger partial charge in [0.2, 0.25) is 12.3 Å². The van der Waals surface area contributed by atoms with E-state index < -0.39 is 5.56 Å². The minimum absolute atomic E-state index is 0.186. The predicted octanol–water partition coefficient (Wildman–Crippen LogP) is 1.32. The summed E-state index contributed by atoms with van der Waals surface area (Å²) < 4.78 is 0. The number of amides is 1. The van der Waals surface area contributed by atoms with Gasteiger partial charge in [-0.1, -0.05) is 30.3 Å². The second-order valence-electron chi connectivity index (χ2n) is 3.40. The number of benzene rings is 1. The van der Waals surface area contributed by atoms with Crippen molar-refractivity contribution in [3.8, 4) is 17.0 Å². The molecule has 0 saturated heterocycles. The molecule has 2 rings (SSSR count). The van der Waals surface area contributed by atoms with Crippen LogP contribution in [0, 0.1) is 0 Å². The van der Waals surface area contributed by atoms with Crippen molar-refractivity contribution in [2.24, 2.45) is 0 Å². The lowest BCUT2D eigenvalue weighted by molar-refractivity contribution is -0.105. The Morgan fingerprint density at radius 2 is 1.94 bits per heavy atom. The molecule has 0 radical (unpaired) electrons. The average Bonchev–Trinajstić information content (AvgIpc) is 2.33. The smallest absolute Gasteiger partial charge is 0.251 e. The Balaban J connectivity index is 2.67. The van der Waals surface area contributed by atoms with Gasteiger partial charge in [0.05, 0.1) is 0 Å². The Bertz CT molecular complexity index is 590. The lowest BCUT2D eigenvalue weighted by Crippen LogP contribution is -2.08. The topological polar surface area (TPSA) is 82.2 Å². The molecule has 5 heteroatoms. The fourth-order valence-corrected chi connectivity index (χ4v) is 1.60. The molecule has 0 spiro atoms. The lowest BCUT2D eigenvalue weighted by Gasteiger charge is -2.09. The molecule has 1 amide bonds. The van der Waals surface area contributed by atoms with Gasteiger partial charge in [0, 0.05) is 11.6 Å². The average molecular weight is 230 g/mol. The van der Waals surface area contributed by atoms with Crippen molar-refractivity contribution < 1.29 is 9.90 Å². The summed E-state index contributed by atoms with van der Waals surface area (Å²) in [6.07, 6.45) is 0.444. The van der Waals surface area contributed by atoms with Crippen molar-refractivity contribution in [2.45, 2.75) is 0 Å². The van der Waals surface area contributed by atoms with Crippen LogP contribution in [0.25, 0.3) is 11.1 Å². The Hall–Kier alpha value is -2.56. The van der Waals surface area contributed by atoms with Crippen LogP contribution >= 0.6 is 0 Å². The van der Waals surface area contributed by atoms with E-state index in [4.69, 9.17) is 0 Å². The Morgan fingerprint density at radius 1 is 1.24 bits per heavy atom. The van der Waals surface area contributed by atoms with Gasteiger partial charge in [-0.15, -0.1) is 0 Å². The third-order valence-electron chi connectivity index (χ3n) is 2.31. The maximum atomic E-state index is 11.3. The first kappa shape index (κ1) is 10.9. The van der Waals surface area contributed by atoms with Crippen molar-refractivity contribution in [2.75, 3.05) is 5.32 Å². The quantitative estimate of drug-likeness (QED) is 0.695. The molecule has 0 aliphatic carbocycles. The number of aromatic hydroxyl groups is 1. The summed E-state index contributed by atoms with van der Waals surface area (Å²) in [5.41, 5.74) is 0.959. The molecule has 1 heterocycles. The van der Waals surface area contributed by atoms with Crippen LogP contribution in [0.3, 0.4) is 0 Å². The SMILES string of the molecule is O=CNc1c(-c2ccccc2)cc(=O)[nH]c1O. The number of rotatable bonds is 3. The molecule has 0 atom stereocenters. The highest BCUT2D eigenvalue weighted by atomic mass is 16.3. The first-order valence-corrected chi connectivity index (χ1v) is 4.94. The normalized spacial score (nSPS) is 9.88. The number of aromatic nitrogens is 1. The standard InChI is InChI=1S/C12H10N2O3/c15-7-13-11-9(6-10(16)14-12(11)17)8-4-2-1-3-5-8/h1-7H,(H,13,15)(H2,14,16,17). The van der Waals surface area contributed by atoms with E-state index in [2.05, 4.69) is 10.3 Å². The first-order valence-electron chi connectivity index (χ1n) is 4.94. The molecule has 3 N–H and O–H groups in total. The van der Waals surface area contributed by atoms with Crippen LogP contribution < -0.4 is 10.9 Å². The van der Waals surface area contributed by atoms with Crippen LogP contribution in [-0.4, -0.2) is 16.5 Å². The Kier molecular flexibility index (Phi) is 2.91. The molecule has 1 aromatic heterocycles. The van der Waals surface area contributed by atoms with Crippen LogP contribution in [0.5, 0.6) is 5.88 Å². The highest BCUT2D eigenvalue weighted by Crippen LogP contribution is 2.31. The summed E-state index contributed by atoms with van der Waals surface area (Å²) >= 11 is 0. The van der Waals surface area contributed by atoms with Crippen molar-refractivity contribution >= 4 is 12.1 Å². The molecule has 1 aromatic carbocycles. The maximum Gasteiger partial charge on any atom is 0.251 e. The van der Waals surface area contributed by atoms with Crippen molar-refractivity contribution in [3.63, 3.8) is 0 Å². The molecule has 17 heavy (non-hydrogen) atoms. The van der Waals surface area contributed by atoms with Gasteiger partial charge in [-0.25, -0.2) is 0 Å². The zero-order chi connectivity index (χ0) is 12.3. The number of hydrogen-bond donors (Lipinski definition) is 3. The third kappa shape index (κ3) is 2.17. The summed E-state index contributed by atoms with van der Waals surface area (Å²) in [5.74, 6) is -0.358. The molecule has 2 aromatic rings. The number of pyridine rings is 1. The summed E-state index contributed by atoms with van der Waals surface area (Å²) in [7, 11) is 0. The van der Waals surface area contributed by atoms with E-state index in [9.17, 15) is 14.7 Å². The van der Waals surface area contributed by atoms with E-state index in [0.717, 1.165) is 5.56 Å². The van der Waals surface area contributed by atoms with Crippen LogP contribution in [-0.2, 0) is 4.79 Å². The van der Waals surface area contributed by atoms with Crippen LogP contribution in [0.4, 0.5) is 5.69 Å². The molecule has 86 valence electrons. The maximum absolute atomic E-state index is 11.3. The fraction of sp³-hybridized carbons (Fsp3) is 0. The summed E-state index contributed by atoms with van der Waals surface area (Å²) in [6.45, 7) is 0. The van der Waals surface area contributed by atoms with E-state index in [1.807, 2.05) is 6.07 Å². The summed E-state index contributed by atoms with van der Waals surface area (Å²) in [4.78, 5) is 24.0. The number of carbonyl (C=O) groups excluding carboxylic acids is 1. The second-order valence-corrected chi connectivity index (χ2v) is 3.40. The molecular formula is C12H10N2O3. The number of carbonyl (C=O) groups is 1. The number of hydrogen-bond acceptors (Lipinski definition) is 3. The van der Waals surface area contributed by atoms with Gasteiger partial charge in [-0.05, 0) is 5.56 Å². The zero-order valence-corrected chi connectivity index (χ0v) is 8.81. The lowest BCUT2D eigenvalue weighted by atomic mass is 10.1.